The highest BCUT2D eigenvalue weighted by Crippen LogP contribution is 2.32. The fourth-order valence-corrected chi connectivity index (χ4v) is 4.31. The lowest BCUT2D eigenvalue weighted by atomic mass is 10.1. The van der Waals surface area contributed by atoms with Crippen molar-refractivity contribution in [3.8, 4) is 23.3 Å². The number of aromatic nitrogens is 3. The molecule has 0 saturated carbocycles. The van der Waals surface area contributed by atoms with Gasteiger partial charge in [-0.1, -0.05) is 60.5 Å². The van der Waals surface area contributed by atoms with E-state index in [1.165, 1.54) is 18.2 Å². The first-order chi connectivity index (χ1) is 19.6. The Balaban J connectivity index is 1.26. The SMILES string of the molecule is CN1C(=S)[C@@H](NC(=O)c2n[nH]c(Cc3ccccc3)n2)COc2ccc(C#Cc3cccc(OC(F)(F)F)c3)cc21. The minimum absolute atomic E-state index is 0.00888. The molecule has 3 aromatic carbocycles. The molecule has 1 atom stereocenters. The van der Waals surface area contributed by atoms with E-state index in [9.17, 15) is 18.0 Å². The molecule has 0 saturated heterocycles. The number of amides is 1. The van der Waals surface area contributed by atoms with Crippen molar-refractivity contribution in [2.75, 3.05) is 18.6 Å². The van der Waals surface area contributed by atoms with Gasteiger partial charge in [-0.3, -0.25) is 9.89 Å². The summed E-state index contributed by atoms with van der Waals surface area (Å²) in [7, 11) is 1.74. The predicted octanol–water partition coefficient (Wildman–Crippen LogP) is 4.65. The number of alkyl halides is 3. The van der Waals surface area contributed by atoms with Crippen molar-refractivity contribution in [2.45, 2.75) is 18.8 Å². The number of anilines is 1. The molecule has 0 spiro atoms. The first-order valence-corrected chi connectivity index (χ1v) is 12.7. The van der Waals surface area contributed by atoms with Gasteiger partial charge in [-0.2, -0.15) is 0 Å². The third kappa shape index (κ3) is 7.01. The number of carbonyl (C=O) groups is 1. The van der Waals surface area contributed by atoms with Gasteiger partial charge in [0.2, 0.25) is 5.82 Å². The third-order valence-corrected chi connectivity index (χ3v) is 6.59. The van der Waals surface area contributed by atoms with Gasteiger partial charge in [-0.15, -0.1) is 18.3 Å². The predicted molar refractivity (Wildman–Crippen MR) is 149 cm³/mol. The molecule has 1 aliphatic heterocycles. The van der Waals surface area contributed by atoms with E-state index in [-0.39, 0.29) is 18.2 Å². The molecular formula is C29H22F3N5O3S. The van der Waals surface area contributed by atoms with E-state index in [4.69, 9.17) is 17.0 Å². The lowest BCUT2D eigenvalue weighted by molar-refractivity contribution is -0.274. The molecule has 0 aliphatic carbocycles. The summed E-state index contributed by atoms with van der Waals surface area (Å²) in [6.45, 7) is 0.0836. The van der Waals surface area contributed by atoms with E-state index < -0.39 is 18.3 Å². The number of likely N-dealkylation sites (N-methyl/N-ethyl adjacent to an activating group) is 1. The number of hydrogen-bond acceptors (Lipinski definition) is 6. The second kappa shape index (κ2) is 11.7. The number of nitrogens with one attached hydrogen (secondary N) is 2. The van der Waals surface area contributed by atoms with E-state index in [1.807, 2.05) is 30.3 Å². The average Bonchev–Trinajstić information content (AvgIpc) is 3.38. The highest BCUT2D eigenvalue weighted by molar-refractivity contribution is 7.80. The summed E-state index contributed by atoms with van der Waals surface area (Å²) < 4.78 is 47.5. The second-order valence-electron chi connectivity index (χ2n) is 9.01. The van der Waals surface area contributed by atoms with Crippen LogP contribution in [0.1, 0.15) is 33.1 Å². The molecule has 2 N–H and O–H groups in total. The molecule has 5 rings (SSSR count). The zero-order valence-corrected chi connectivity index (χ0v) is 22.3. The number of ether oxygens (including phenoxy) is 2. The van der Waals surface area contributed by atoms with Gasteiger partial charge in [0.05, 0.1) is 5.69 Å². The summed E-state index contributed by atoms with van der Waals surface area (Å²) in [6, 6.07) is 19.7. The van der Waals surface area contributed by atoms with E-state index in [0.717, 1.165) is 5.56 Å². The van der Waals surface area contributed by atoms with E-state index >= 15 is 0 Å². The number of nitrogens with zero attached hydrogens (tertiary/aromatic N) is 3. The summed E-state index contributed by atoms with van der Waals surface area (Å²) in [4.78, 5) is 19.3. The van der Waals surface area contributed by atoms with Gasteiger partial charge in [0.25, 0.3) is 5.91 Å². The first-order valence-electron chi connectivity index (χ1n) is 12.3. The van der Waals surface area contributed by atoms with Crippen molar-refractivity contribution >= 4 is 28.8 Å². The van der Waals surface area contributed by atoms with Crippen molar-refractivity contribution in [3.63, 3.8) is 0 Å². The van der Waals surface area contributed by atoms with Crippen LogP contribution in [0.5, 0.6) is 11.5 Å². The quantitative estimate of drug-likeness (QED) is 0.264. The van der Waals surface area contributed by atoms with Gasteiger partial charge >= 0.3 is 6.36 Å². The van der Waals surface area contributed by atoms with Crippen LogP contribution in [0.2, 0.25) is 0 Å². The molecule has 0 radical (unpaired) electrons. The molecule has 1 amide bonds. The number of rotatable bonds is 5. The Morgan fingerprint density at radius 2 is 1.88 bits per heavy atom. The Morgan fingerprint density at radius 1 is 1.12 bits per heavy atom. The highest BCUT2D eigenvalue weighted by Gasteiger charge is 2.31. The van der Waals surface area contributed by atoms with Crippen molar-refractivity contribution in [2.24, 2.45) is 0 Å². The van der Waals surface area contributed by atoms with Gasteiger partial charge in [0.1, 0.15) is 35.0 Å². The van der Waals surface area contributed by atoms with Gasteiger partial charge in [0, 0.05) is 24.6 Å². The van der Waals surface area contributed by atoms with Crippen molar-refractivity contribution < 1.29 is 27.4 Å². The first kappa shape index (κ1) is 27.7. The van der Waals surface area contributed by atoms with Crippen molar-refractivity contribution in [1.29, 1.82) is 0 Å². The Morgan fingerprint density at radius 3 is 2.63 bits per heavy atom. The van der Waals surface area contributed by atoms with Crippen LogP contribution < -0.4 is 19.7 Å². The van der Waals surface area contributed by atoms with Crippen LogP contribution in [0.4, 0.5) is 18.9 Å². The maximum atomic E-state index is 12.9. The third-order valence-electron chi connectivity index (χ3n) is 6.03. The number of halogens is 3. The fraction of sp³-hybridized carbons (Fsp3) is 0.172. The molecule has 1 aliphatic rings. The van der Waals surface area contributed by atoms with Crippen LogP contribution in [0.15, 0.2) is 72.8 Å². The van der Waals surface area contributed by atoms with Crippen LogP contribution in [-0.2, 0) is 6.42 Å². The monoisotopic (exact) mass is 577 g/mol. The summed E-state index contributed by atoms with van der Waals surface area (Å²) in [5, 5.41) is 9.67. The van der Waals surface area contributed by atoms with Gasteiger partial charge < -0.3 is 19.7 Å². The molecule has 0 bridgehead atoms. The largest absolute Gasteiger partial charge is 0.573 e. The number of hydrogen-bond donors (Lipinski definition) is 2. The molecule has 2 heterocycles. The molecule has 12 heteroatoms. The summed E-state index contributed by atoms with van der Waals surface area (Å²) in [6.07, 6.45) is -4.29. The normalized spacial score (nSPS) is 14.7. The molecule has 1 aromatic heterocycles. The Bertz CT molecular complexity index is 1650. The van der Waals surface area contributed by atoms with E-state index in [1.54, 1.807) is 36.2 Å². The van der Waals surface area contributed by atoms with Crippen LogP contribution in [-0.4, -0.2) is 52.1 Å². The Labute approximate surface area is 238 Å². The highest BCUT2D eigenvalue weighted by atomic mass is 32.1. The molecule has 0 fully saturated rings. The van der Waals surface area contributed by atoms with E-state index in [0.29, 0.717) is 39.8 Å². The van der Waals surface area contributed by atoms with Gasteiger partial charge in [-0.05, 0) is 42.0 Å². The number of carbonyl (C=O) groups excluding carboxylic acids is 1. The lowest BCUT2D eigenvalue weighted by Crippen LogP contribution is -2.48. The summed E-state index contributed by atoms with van der Waals surface area (Å²) in [5.41, 5.74) is 2.58. The number of H-pyrrole nitrogens is 1. The maximum absolute atomic E-state index is 12.9. The fourth-order valence-electron chi connectivity index (χ4n) is 4.08. The zero-order valence-electron chi connectivity index (χ0n) is 21.5. The van der Waals surface area contributed by atoms with Crippen LogP contribution >= 0.6 is 12.2 Å². The molecule has 208 valence electrons. The minimum atomic E-state index is -4.79. The molecule has 4 aromatic rings. The van der Waals surface area contributed by atoms with Crippen molar-refractivity contribution in [1.82, 2.24) is 20.5 Å². The van der Waals surface area contributed by atoms with Gasteiger partial charge in [-0.25, -0.2) is 4.98 Å². The topological polar surface area (TPSA) is 92.4 Å². The Hall–Kier alpha value is -4.89. The second-order valence-corrected chi connectivity index (χ2v) is 9.43. The Kier molecular flexibility index (Phi) is 7.89. The number of aromatic amines is 1. The van der Waals surface area contributed by atoms with Gasteiger partial charge in [0.15, 0.2) is 0 Å². The maximum Gasteiger partial charge on any atom is 0.573 e. The molecular weight excluding hydrogens is 555 g/mol. The molecule has 0 unspecified atom stereocenters. The minimum Gasteiger partial charge on any atom is -0.489 e. The standard InChI is InChI=1S/C29H22F3N5O3S/c1-37-23-15-20(11-10-19-8-5-9-21(14-19)40-29(30,31)32)12-13-24(23)39-17-22(28(37)41)33-27(38)26-34-25(35-36-26)16-18-6-3-2-4-7-18/h2-9,12-15,22H,16-17H2,1H3,(H,33,38)(H,34,35,36)/t22-/m0/s1. The zero-order chi connectivity index (χ0) is 29.0. The smallest absolute Gasteiger partial charge is 0.489 e. The van der Waals surface area contributed by atoms with E-state index in [2.05, 4.69) is 37.1 Å². The van der Waals surface area contributed by atoms with Crippen molar-refractivity contribution in [3.05, 3.63) is 101 Å². The molecule has 8 nitrogen and oxygen atoms in total. The van der Waals surface area contributed by atoms with Crippen LogP contribution in [0, 0.1) is 11.8 Å². The number of fused-ring (bicyclic) bond motifs is 1. The molecule has 41 heavy (non-hydrogen) atoms. The van der Waals surface area contributed by atoms with Crippen LogP contribution in [0.25, 0.3) is 0 Å². The number of thiocarbonyl (C=S) groups is 1. The average molecular weight is 578 g/mol. The summed E-state index contributed by atoms with van der Waals surface area (Å²) >= 11 is 5.66. The van der Waals surface area contributed by atoms with Crippen LogP contribution in [0.3, 0.4) is 0 Å². The number of benzene rings is 3. The lowest BCUT2D eigenvalue weighted by Gasteiger charge is -2.23. The summed E-state index contributed by atoms with van der Waals surface area (Å²) in [5.74, 6) is 6.00.